The first kappa shape index (κ1) is 15.1. The predicted molar refractivity (Wildman–Crippen MR) is 90.6 cm³/mol. The van der Waals surface area contributed by atoms with E-state index in [4.69, 9.17) is 0 Å². The number of rotatable bonds is 4. The molecule has 5 atom stereocenters. The van der Waals surface area contributed by atoms with Gasteiger partial charge in [-0.2, -0.15) is 0 Å². The Labute approximate surface area is 137 Å². The van der Waals surface area contributed by atoms with Crippen molar-refractivity contribution < 1.29 is 9.50 Å². The lowest BCUT2D eigenvalue weighted by Gasteiger charge is -2.54. The molecule has 1 N–H and O–H groups in total. The van der Waals surface area contributed by atoms with Crippen LogP contribution in [0, 0.1) is 17.8 Å². The Morgan fingerprint density at radius 3 is 2.39 bits per heavy atom. The lowest BCUT2D eigenvalue weighted by Crippen LogP contribution is -2.49. The minimum Gasteiger partial charge on any atom is -0.381 e. The van der Waals surface area contributed by atoms with Crippen molar-refractivity contribution in [3.8, 4) is 0 Å². The van der Waals surface area contributed by atoms with Crippen molar-refractivity contribution in [3.63, 3.8) is 0 Å². The summed E-state index contributed by atoms with van der Waals surface area (Å²) in [5.74, 6) is 1.21. The molecule has 1 aromatic carbocycles. The molecule has 4 bridgehead atoms. The van der Waals surface area contributed by atoms with E-state index in [-0.39, 0.29) is 0 Å². The van der Waals surface area contributed by atoms with Crippen molar-refractivity contribution in [2.24, 2.45) is 17.8 Å². The van der Waals surface area contributed by atoms with Crippen molar-refractivity contribution in [2.75, 3.05) is 0 Å². The Morgan fingerprint density at radius 2 is 1.83 bits per heavy atom. The zero-order valence-electron chi connectivity index (χ0n) is 13.5. The maximum Gasteiger partial charge on any atom is 0.112 e. The monoisotopic (exact) mass is 312 g/mol. The van der Waals surface area contributed by atoms with Gasteiger partial charge in [-0.1, -0.05) is 42.0 Å². The molecule has 0 saturated heterocycles. The summed E-state index contributed by atoms with van der Waals surface area (Å²) in [4.78, 5) is 0. The Balaban J connectivity index is 1.71. The van der Waals surface area contributed by atoms with Gasteiger partial charge in [0.25, 0.3) is 0 Å². The van der Waals surface area contributed by atoms with Crippen LogP contribution >= 0.6 is 0 Å². The molecule has 2 unspecified atom stereocenters. The van der Waals surface area contributed by atoms with E-state index < -0.39 is 11.3 Å². The fraction of sp³-hybridized carbons (Fsp3) is 0.524. The second-order valence-electron chi connectivity index (χ2n) is 7.92. The number of allylic oxidation sites excluding steroid dienone is 1. The number of alkyl halides is 1. The highest BCUT2D eigenvalue weighted by molar-refractivity contribution is 5.34. The van der Waals surface area contributed by atoms with Gasteiger partial charge in [0.05, 0.1) is 0 Å². The van der Waals surface area contributed by atoms with Gasteiger partial charge in [-0.25, -0.2) is 4.39 Å². The summed E-state index contributed by atoms with van der Waals surface area (Å²) in [6, 6.07) is 9.80. The summed E-state index contributed by atoms with van der Waals surface area (Å²) < 4.78 is 14.9. The third-order valence-electron chi connectivity index (χ3n) is 6.19. The van der Waals surface area contributed by atoms with Gasteiger partial charge in [0.2, 0.25) is 0 Å². The molecule has 4 fully saturated rings. The van der Waals surface area contributed by atoms with Crippen molar-refractivity contribution in [1.82, 2.24) is 0 Å². The molecule has 23 heavy (non-hydrogen) atoms. The van der Waals surface area contributed by atoms with Crippen molar-refractivity contribution in [2.45, 2.75) is 49.8 Å². The molecular formula is C21H25FO. The van der Waals surface area contributed by atoms with Crippen LogP contribution in [0.15, 0.2) is 54.6 Å². The van der Waals surface area contributed by atoms with E-state index in [1.165, 1.54) is 5.57 Å². The molecule has 4 saturated carbocycles. The Morgan fingerprint density at radius 1 is 1.17 bits per heavy atom. The van der Waals surface area contributed by atoms with E-state index in [1.807, 2.05) is 30.3 Å². The fourth-order valence-corrected chi connectivity index (χ4v) is 5.44. The molecule has 4 aliphatic rings. The first-order valence-corrected chi connectivity index (χ1v) is 8.82. The van der Waals surface area contributed by atoms with Crippen LogP contribution in [-0.4, -0.2) is 10.8 Å². The van der Waals surface area contributed by atoms with Crippen LogP contribution in [0.5, 0.6) is 0 Å². The molecule has 4 aliphatic carbocycles. The second-order valence-corrected chi connectivity index (χ2v) is 7.92. The van der Waals surface area contributed by atoms with Crippen molar-refractivity contribution in [3.05, 3.63) is 60.2 Å². The molecule has 0 heterocycles. The summed E-state index contributed by atoms with van der Waals surface area (Å²) >= 11 is 0. The number of benzene rings is 1. The van der Waals surface area contributed by atoms with Gasteiger partial charge in [-0.15, -0.1) is 6.58 Å². The molecule has 1 aromatic rings. The van der Waals surface area contributed by atoms with Gasteiger partial charge >= 0.3 is 0 Å². The SMILES string of the molecule is C=CC[C@](O)(C=C1[C@@H]2CC3C[C@H]1CC(F)(C3)C2)c1ccccc1. The van der Waals surface area contributed by atoms with Gasteiger partial charge in [0.15, 0.2) is 0 Å². The van der Waals surface area contributed by atoms with E-state index in [2.05, 4.69) is 12.7 Å². The Hall–Kier alpha value is -1.41. The lowest BCUT2D eigenvalue weighted by molar-refractivity contribution is -0.0430. The summed E-state index contributed by atoms with van der Waals surface area (Å²) in [5, 5.41) is 11.3. The van der Waals surface area contributed by atoms with Crippen LogP contribution < -0.4 is 0 Å². The zero-order valence-corrected chi connectivity index (χ0v) is 13.5. The summed E-state index contributed by atoms with van der Waals surface area (Å²) in [6.45, 7) is 3.82. The molecule has 122 valence electrons. The molecule has 0 aliphatic heterocycles. The maximum atomic E-state index is 14.9. The van der Waals surface area contributed by atoms with Crippen LogP contribution in [0.2, 0.25) is 0 Å². The van der Waals surface area contributed by atoms with Crippen LogP contribution in [-0.2, 0) is 5.60 Å². The third kappa shape index (κ3) is 2.57. The predicted octanol–water partition coefficient (Wildman–Crippen LogP) is 4.92. The van der Waals surface area contributed by atoms with Gasteiger partial charge in [0, 0.05) is 6.42 Å². The molecule has 0 aromatic heterocycles. The molecule has 5 rings (SSSR count). The van der Waals surface area contributed by atoms with Crippen molar-refractivity contribution in [1.29, 1.82) is 0 Å². The molecule has 0 amide bonds. The number of halogens is 1. The smallest absolute Gasteiger partial charge is 0.112 e. The quantitative estimate of drug-likeness (QED) is 0.782. The average Bonchev–Trinajstić information content (AvgIpc) is 2.51. The number of hydrogen-bond acceptors (Lipinski definition) is 1. The second kappa shape index (κ2) is 5.31. The summed E-state index contributed by atoms with van der Waals surface area (Å²) in [6.07, 6.45) is 8.61. The van der Waals surface area contributed by atoms with E-state index in [9.17, 15) is 9.50 Å². The minimum absolute atomic E-state index is 0.325. The maximum absolute atomic E-state index is 14.9. The van der Waals surface area contributed by atoms with Gasteiger partial charge < -0.3 is 5.11 Å². The van der Waals surface area contributed by atoms with Crippen LogP contribution in [0.4, 0.5) is 4.39 Å². The average molecular weight is 312 g/mol. The number of hydrogen-bond donors (Lipinski definition) is 1. The van der Waals surface area contributed by atoms with E-state index in [0.29, 0.717) is 37.0 Å². The summed E-state index contributed by atoms with van der Waals surface area (Å²) in [5.41, 5.74) is 0.257. The largest absolute Gasteiger partial charge is 0.381 e. The number of aliphatic hydroxyl groups is 1. The Kier molecular flexibility index (Phi) is 3.49. The van der Waals surface area contributed by atoms with Gasteiger partial charge in [-0.3, -0.25) is 0 Å². The standard InChI is InChI=1S/C21H25FO/c1-2-8-21(23,18-6-4-3-5-7-18)14-19-16-9-15-10-17(19)13-20(22,11-15)12-16/h2-7,14-17,23H,1,8-13H2/t15?,16-,17+,20?,21-/m0/s1. The minimum atomic E-state index is -1.02. The van der Waals surface area contributed by atoms with Gasteiger partial charge in [0.1, 0.15) is 11.3 Å². The highest BCUT2D eigenvalue weighted by Crippen LogP contribution is 2.60. The molecule has 0 spiro atoms. The molecule has 2 heteroatoms. The molecule has 0 radical (unpaired) electrons. The topological polar surface area (TPSA) is 20.2 Å². The van der Waals surface area contributed by atoms with Crippen LogP contribution in [0.25, 0.3) is 0 Å². The Bertz CT molecular complexity index is 617. The highest BCUT2D eigenvalue weighted by atomic mass is 19.1. The van der Waals surface area contributed by atoms with Crippen molar-refractivity contribution >= 4 is 0 Å². The van der Waals surface area contributed by atoms with E-state index in [0.717, 1.165) is 24.8 Å². The zero-order chi connectivity index (χ0) is 16.1. The first-order chi connectivity index (χ1) is 11.0. The lowest BCUT2D eigenvalue weighted by atomic mass is 9.52. The molecule has 1 nitrogen and oxygen atoms in total. The van der Waals surface area contributed by atoms with Crippen LogP contribution in [0.1, 0.15) is 44.1 Å². The van der Waals surface area contributed by atoms with E-state index in [1.54, 1.807) is 6.08 Å². The van der Waals surface area contributed by atoms with E-state index >= 15 is 0 Å². The normalized spacial score (nSPS) is 39.4. The fourth-order valence-electron chi connectivity index (χ4n) is 5.44. The highest BCUT2D eigenvalue weighted by Gasteiger charge is 2.54. The van der Waals surface area contributed by atoms with Crippen LogP contribution in [0.3, 0.4) is 0 Å². The molecular weight excluding hydrogens is 287 g/mol. The third-order valence-corrected chi connectivity index (χ3v) is 6.19. The first-order valence-electron chi connectivity index (χ1n) is 8.82. The van der Waals surface area contributed by atoms with Gasteiger partial charge in [-0.05, 0) is 61.5 Å². The summed E-state index contributed by atoms with van der Waals surface area (Å²) in [7, 11) is 0.